The van der Waals surface area contributed by atoms with Gasteiger partial charge in [-0.3, -0.25) is 0 Å². The van der Waals surface area contributed by atoms with E-state index in [1.807, 2.05) is 12.1 Å². The lowest BCUT2D eigenvalue weighted by molar-refractivity contribution is 0.262. The number of ether oxygens (including phenoxy) is 2. The zero-order valence-electron chi connectivity index (χ0n) is 15.1. The minimum absolute atomic E-state index is 0.350. The first-order valence-corrected chi connectivity index (χ1v) is 8.68. The summed E-state index contributed by atoms with van der Waals surface area (Å²) in [4.78, 5) is 14.8. The van der Waals surface area contributed by atoms with Gasteiger partial charge in [0, 0.05) is 24.8 Å². The molecule has 2 aromatic carbocycles. The minimum atomic E-state index is -0.350. The summed E-state index contributed by atoms with van der Waals surface area (Å²) in [6.07, 6.45) is 0.903. The first-order chi connectivity index (χ1) is 12.5. The largest absolute Gasteiger partial charge is 0.495 e. The van der Waals surface area contributed by atoms with Crippen LogP contribution in [0.15, 0.2) is 30.3 Å². The maximum absolute atomic E-state index is 12.5. The van der Waals surface area contributed by atoms with Gasteiger partial charge >= 0.3 is 6.03 Å². The molecule has 6 nitrogen and oxygen atoms in total. The molecule has 0 aromatic heterocycles. The minimum Gasteiger partial charge on any atom is -0.495 e. The average molecular weight is 376 g/mol. The van der Waals surface area contributed by atoms with Crippen LogP contribution < -0.4 is 20.1 Å². The fraction of sp³-hybridized carbons (Fsp3) is 0.316. The number of halogens is 1. The molecule has 0 saturated carbocycles. The summed E-state index contributed by atoms with van der Waals surface area (Å²) in [7, 11) is 5.14. The maximum Gasteiger partial charge on any atom is 0.323 e. The Morgan fingerprint density at radius 2 is 1.85 bits per heavy atom. The van der Waals surface area contributed by atoms with Crippen molar-refractivity contribution in [1.82, 2.24) is 4.90 Å². The average Bonchev–Trinajstić information content (AvgIpc) is 2.62. The van der Waals surface area contributed by atoms with Crippen LogP contribution in [0.5, 0.6) is 11.5 Å². The van der Waals surface area contributed by atoms with Crippen LogP contribution in [0.3, 0.4) is 0 Å². The van der Waals surface area contributed by atoms with E-state index in [9.17, 15) is 4.79 Å². The third-order valence-electron chi connectivity index (χ3n) is 4.43. The van der Waals surface area contributed by atoms with Crippen molar-refractivity contribution in [3.05, 3.63) is 46.5 Å². The number of benzene rings is 2. The molecule has 0 saturated heterocycles. The van der Waals surface area contributed by atoms with E-state index in [0.29, 0.717) is 22.2 Å². The fourth-order valence-corrected chi connectivity index (χ4v) is 3.34. The number of fused-ring (bicyclic) bond motifs is 1. The number of amides is 2. The third-order valence-corrected chi connectivity index (χ3v) is 4.72. The summed E-state index contributed by atoms with van der Waals surface area (Å²) >= 11 is 6.15. The van der Waals surface area contributed by atoms with Gasteiger partial charge < -0.3 is 25.0 Å². The van der Waals surface area contributed by atoms with Crippen molar-refractivity contribution >= 4 is 29.0 Å². The molecule has 0 fully saturated rings. The smallest absolute Gasteiger partial charge is 0.323 e. The van der Waals surface area contributed by atoms with E-state index in [0.717, 1.165) is 25.2 Å². The Kier molecular flexibility index (Phi) is 5.54. The second-order valence-corrected chi connectivity index (χ2v) is 6.60. The Morgan fingerprint density at radius 3 is 2.58 bits per heavy atom. The molecule has 0 unspecified atom stereocenters. The first-order valence-electron chi connectivity index (χ1n) is 8.30. The monoisotopic (exact) mass is 375 g/mol. The van der Waals surface area contributed by atoms with Gasteiger partial charge in [0.15, 0.2) is 0 Å². The molecule has 138 valence electrons. The lowest BCUT2D eigenvalue weighted by Gasteiger charge is -2.26. The summed E-state index contributed by atoms with van der Waals surface area (Å²) < 4.78 is 10.5. The molecular weight excluding hydrogens is 354 g/mol. The molecular formula is C19H22ClN3O3. The third kappa shape index (κ3) is 3.86. The fourth-order valence-electron chi connectivity index (χ4n) is 3.10. The second kappa shape index (κ2) is 7.85. The van der Waals surface area contributed by atoms with Crippen molar-refractivity contribution in [2.24, 2.45) is 0 Å². The SMILES string of the molecule is COc1cc(OC)c(NC(=O)Nc2cccc3c2CCN(C)C3)cc1Cl. The molecule has 2 amide bonds. The van der Waals surface area contributed by atoms with E-state index in [4.69, 9.17) is 21.1 Å². The molecule has 0 aliphatic carbocycles. The molecule has 2 N–H and O–H groups in total. The lowest BCUT2D eigenvalue weighted by atomic mass is 9.98. The van der Waals surface area contributed by atoms with Crippen LogP contribution in [0.25, 0.3) is 0 Å². The number of rotatable bonds is 4. The van der Waals surface area contributed by atoms with E-state index in [2.05, 4.69) is 28.6 Å². The Balaban J connectivity index is 1.78. The number of carbonyl (C=O) groups is 1. The molecule has 26 heavy (non-hydrogen) atoms. The highest BCUT2D eigenvalue weighted by molar-refractivity contribution is 6.32. The van der Waals surface area contributed by atoms with Crippen LogP contribution in [0.2, 0.25) is 5.02 Å². The van der Waals surface area contributed by atoms with Crippen LogP contribution in [0.4, 0.5) is 16.2 Å². The first kappa shape index (κ1) is 18.4. The van der Waals surface area contributed by atoms with Crippen LogP contribution in [-0.2, 0) is 13.0 Å². The molecule has 7 heteroatoms. The lowest BCUT2D eigenvalue weighted by Crippen LogP contribution is -2.28. The number of nitrogens with zero attached hydrogens (tertiary/aromatic N) is 1. The topological polar surface area (TPSA) is 62.8 Å². The van der Waals surface area contributed by atoms with E-state index >= 15 is 0 Å². The number of urea groups is 1. The van der Waals surface area contributed by atoms with Gasteiger partial charge in [0.1, 0.15) is 11.5 Å². The molecule has 0 spiro atoms. The second-order valence-electron chi connectivity index (χ2n) is 6.20. The number of hydrogen-bond donors (Lipinski definition) is 2. The summed E-state index contributed by atoms with van der Waals surface area (Å²) in [5.41, 5.74) is 3.72. The molecule has 1 aliphatic heterocycles. The quantitative estimate of drug-likeness (QED) is 0.848. The highest BCUT2D eigenvalue weighted by atomic mass is 35.5. The number of hydrogen-bond acceptors (Lipinski definition) is 4. The van der Waals surface area contributed by atoms with Crippen molar-refractivity contribution in [2.45, 2.75) is 13.0 Å². The molecule has 1 aliphatic rings. The van der Waals surface area contributed by atoms with Gasteiger partial charge in [0.2, 0.25) is 0 Å². The van der Waals surface area contributed by atoms with Crippen LogP contribution in [0.1, 0.15) is 11.1 Å². The predicted molar refractivity (Wildman–Crippen MR) is 104 cm³/mol. The van der Waals surface area contributed by atoms with Gasteiger partial charge in [-0.2, -0.15) is 0 Å². The van der Waals surface area contributed by atoms with Crippen LogP contribution >= 0.6 is 11.6 Å². The molecule has 0 radical (unpaired) electrons. The Morgan fingerprint density at radius 1 is 1.12 bits per heavy atom. The summed E-state index contributed by atoms with van der Waals surface area (Å²) in [5, 5.41) is 6.12. The van der Waals surface area contributed by atoms with E-state index in [-0.39, 0.29) is 6.03 Å². The van der Waals surface area contributed by atoms with Crippen molar-refractivity contribution in [1.29, 1.82) is 0 Å². The summed E-state index contributed by atoms with van der Waals surface area (Å²) in [6.45, 7) is 1.85. The number of nitrogens with one attached hydrogen (secondary N) is 2. The zero-order chi connectivity index (χ0) is 18.7. The Labute approximate surface area is 158 Å². The van der Waals surface area contributed by atoms with Crippen molar-refractivity contribution in [3.8, 4) is 11.5 Å². The standard InChI is InChI=1S/C19H22ClN3O3/c1-23-8-7-13-12(11-23)5-4-6-15(13)21-19(24)22-16-9-14(20)17(25-2)10-18(16)26-3/h4-6,9-10H,7-8,11H2,1-3H3,(H2,21,22,24). The van der Waals surface area contributed by atoms with Gasteiger partial charge in [0.05, 0.1) is 24.9 Å². The van der Waals surface area contributed by atoms with Crippen LogP contribution in [0, 0.1) is 0 Å². The van der Waals surface area contributed by atoms with Gasteiger partial charge in [0.25, 0.3) is 0 Å². The molecule has 3 rings (SSSR count). The highest BCUT2D eigenvalue weighted by Crippen LogP contribution is 2.36. The van der Waals surface area contributed by atoms with E-state index < -0.39 is 0 Å². The van der Waals surface area contributed by atoms with E-state index in [1.54, 1.807) is 12.1 Å². The summed E-state index contributed by atoms with van der Waals surface area (Å²) in [5.74, 6) is 0.953. The Hall–Kier alpha value is -2.44. The van der Waals surface area contributed by atoms with Gasteiger partial charge in [-0.05, 0) is 36.7 Å². The van der Waals surface area contributed by atoms with E-state index in [1.165, 1.54) is 25.3 Å². The highest BCUT2D eigenvalue weighted by Gasteiger charge is 2.18. The Bertz CT molecular complexity index is 826. The molecule has 0 atom stereocenters. The van der Waals surface area contributed by atoms with Crippen molar-refractivity contribution in [2.75, 3.05) is 38.4 Å². The normalized spacial score (nSPS) is 13.7. The van der Waals surface area contributed by atoms with Crippen molar-refractivity contribution < 1.29 is 14.3 Å². The maximum atomic E-state index is 12.5. The van der Waals surface area contributed by atoms with Crippen LogP contribution in [-0.4, -0.2) is 38.7 Å². The number of methoxy groups -OCH3 is 2. The molecule has 2 aromatic rings. The molecule has 1 heterocycles. The zero-order valence-corrected chi connectivity index (χ0v) is 15.8. The van der Waals surface area contributed by atoms with Gasteiger partial charge in [-0.15, -0.1) is 0 Å². The van der Waals surface area contributed by atoms with Gasteiger partial charge in [-0.25, -0.2) is 4.79 Å². The molecule has 0 bridgehead atoms. The predicted octanol–water partition coefficient (Wildman–Crippen LogP) is 3.99. The number of likely N-dealkylation sites (N-methyl/N-ethyl adjacent to an activating group) is 1. The number of anilines is 2. The van der Waals surface area contributed by atoms with Crippen molar-refractivity contribution in [3.63, 3.8) is 0 Å². The van der Waals surface area contributed by atoms with Gasteiger partial charge in [-0.1, -0.05) is 23.7 Å². The number of carbonyl (C=O) groups excluding carboxylic acids is 1. The summed E-state index contributed by atoms with van der Waals surface area (Å²) in [6, 6.07) is 8.87.